The number of nitrogens with one attached hydrogen (secondary N) is 1. The van der Waals surface area contributed by atoms with Crippen molar-refractivity contribution < 1.29 is 17.9 Å². The lowest BCUT2D eigenvalue weighted by Gasteiger charge is -2.35. The summed E-state index contributed by atoms with van der Waals surface area (Å²) in [6.45, 7) is 4.45. The summed E-state index contributed by atoms with van der Waals surface area (Å²) in [4.78, 5) is 0.100. The number of hydrogen-bond donors (Lipinski definition) is 2. The molecular formula is C14H22N2O4S. The van der Waals surface area contributed by atoms with Gasteiger partial charge >= 0.3 is 0 Å². The molecule has 0 saturated carbocycles. The maximum atomic E-state index is 12.5. The fourth-order valence-corrected chi connectivity index (χ4v) is 3.94. The van der Waals surface area contributed by atoms with Crippen molar-refractivity contribution in [2.75, 3.05) is 19.5 Å². The second kappa shape index (κ2) is 5.82. The third-order valence-corrected chi connectivity index (χ3v) is 5.06. The smallest absolute Gasteiger partial charge is 0.244 e. The van der Waals surface area contributed by atoms with Crippen LogP contribution in [0, 0.1) is 0 Å². The maximum Gasteiger partial charge on any atom is 0.244 e. The molecule has 7 heteroatoms. The molecule has 1 saturated heterocycles. The highest BCUT2D eigenvalue weighted by atomic mass is 32.2. The van der Waals surface area contributed by atoms with Crippen LogP contribution in [0.1, 0.15) is 26.7 Å². The van der Waals surface area contributed by atoms with E-state index in [1.807, 2.05) is 13.8 Å². The van der Waals surface area contributed by atoms with Crippen molar-refractivity contribution in [1.29, 1.82) is 0 Å². The van der Waals surface area contributed by atoms with Gasteiger partial charge in [0.2, 0.25) is 10.0 Å². The molecule has 1 aromatic carbocycles. The van der Waals surface area contributed by atoms with Crippen LogP contribution in [-0.4, -0.2) is 33.8 Å². The van der Waals surface area contributed by atoms with Crippen molar-refractivity contribution >= 4 is 15.7 Å². The summed E-state index contributed by atoms with van der Waals surface area (Å²) in [6, 6.07) is 4.36. The lowest BCUT2D eigenvalue weighted by atomic mass is 9.95. The van der Waals surface area contributed by atoms with Crippen LogP contribution in [0.25, 0.3) is 0 Å². The predicted octanol–water partition coefficient (Wildman–Crippen LogP) is 1.51. The van der Waals surface area contributed by atoms with E-state index in [4.69, 9.17) is 15.2 Å². The average molecular weight is 314 g/mol. The molecule has 2 rings (SSSR count). The Hall–Kier alpha value is -1.31. The first-order valence-corrected chi connectivity index (χ1v) is 8.32. The van der Waals surface area contributed by atoms with Gasteiger partial charge in [-0.2, -0.15) is 0 Å². The zero-order valence-electron chi connectivity index (χ0n) is 12.5. The van der Waals surface area contributed by atoms with Crippen LogP contribution in [0.2, 0.25) is 0 Å². The number of ether oxygens (including phenoxy) is 2. The second-order valence-electron chi connectivity index (χ2n) is 5.83. The van der Waals surface area contributed by atoms with Crippen LogP contribution < -0.4 is 15.2 Å². The molecule has 1 atom stereocenters. The van der Waals surface area contributed by atoms with Crippen molar-refractivity contribution in [3.8, 4) is 5.75 Å². The first-order valence-electron chi connectivity index (χ1n) is 6.83. The fraction of sp³-hybridized carbons (Fsp3) is 0.571. The number of sulfonamides is 1. The van der Waals surface area contributed by atoms with Crippen LogP contribution in [0.3, 0.4) is 0 Å². The summed E-state index contributed by atoms with van der Waals surface area (Å²) in [5.74, 6) is 0.244. The minimum absolute atomic E-state index is 0.100. The summed E-state index contributed by atoms with van der Waals surface area (Å²) >= 11 is 0. The molecule has 0 radical (unpaired) electrons. The third kappa shape index (κ3) is 3.87. The molecule has 1 aromatic rings. The van der Waals surface area contributed by atoms with Gasteiger partial charge in [0.25, 0.3) is 0 Å². The Kier molecular flexibility index (Phi) is 4.46. The number of methoxy groups -OCH3 is 1. The molecular weight excluding hydrogens is 292 g/mol. The van der Waals surface area contributed by atoms with Crippen LogP contribution in [0.15, 0.2) is 23.1 Å². The minimum atomic E-state index is -3.66. The van der Waals surface area contributed by atoms with E-state index >= 15 is 0 Å². The minimum Gasteiger partial charge on any atom is -0.495 e. The Bertz CT molecular complexity index is 613. The van der Waals surface area contributed by atoms with E-state index in [9.17, 15) is 8.42 Å². The molecule has 1 heterocycles. The topological polar surface area (TPSA) is 90.7 Å². The molecule has 1 unspecified atom stereocenters. The van der Waals surface area contributed by atoms with Gasteiger partial charge in [0, 0.05) is 24.4 Å². The summed E-state index contributed by atoms with van der Waals surface area (Å²) < 4.78 is 38.5. The normalized spacial score (nSPS) is 22.0. The van der Waals surface area contributed by atoms with Gasteiger partial charge in [-0.25, -0.2) is 13.1 Å². The second-order valence-corrected chi connectivity index (χ2v) is 7.51. The van der Waals surface area contributed by atoms with Gasteiger partial charge in [-0.3, -0.25) is 0 Å². The zero-order valence-corrected chi connectivity index (χ0v) is 13.4. The third-order valence-electron chi connectivity index (χ3n) is 3.50. The van der Waals surface area contributed by atoms with Gasteiger partial charge in [0.1, 0.15) is 10.6 Å². The van der Waals surface area contributed by atoms with Crippen molar-refractivity contribution in [2.24, 2.45) is 0 Å². The Balaban J connectivity index is 2.23. The van der Waals surface area contributed by atoms with Crippen molar-refractivity contribution in [2.45, 2.75) is 43.2 Å². The highest BCUT2D eigenvalue weighted by molar-refractivity contribution is 7.89. The van der Waals surface area contributed by atoms with E-state index in [2.05, 4.69) is 4.72 Å². The van der Waals surface area contributed by atoms with Crippen LogP contribution >= 0.6 is 0 Å². The molecule has 0 amide bonds. The van der Waals surface area contributed by atoms with Gasteiger partial charge in [-0.15, -0.1) is 0 Å². The standard InChI is InChI=1S/C14H22N2O4S/c1-14(2)9-11(6-7-20-14)16-21(17,18)13-5-4-10(15)8-12(13)19-3/h4-5,8,11,16H,6-7,9,15H2,1-3H3. The highest BCUT2D eigenvalue weighted by Gasteiger charge is 2.32. The van der Waals surface area contributed by atoms with Gasteiger partial charge < -0.3 is 15.2 Å². The molecule has 0 aromatic heterocycles. The summed E-state index contributed by atoms with van der Waals surface area (Å²) in [7, 11) is -2.23. The fourth-order valence-electron chi connectivity index (χ4n) is 2.52. The summed E-state index contributed by atoms with van der Waals surface area (Å²) in [5.41, 5.74) is 5.79. The van der Waals surface area contributed by atoms with Gasteiger partial charge in [0.05, 0.1) is 12.7 Å². The van der Waals surface area contributed by atoms with E-state index in [1.165, 1.54) is 19.2 Å². The average Bonchev–Trinajstić information content (AvgIpc) is 2.36. The van der Waals surface area contributed by atoms with Crippen LogP contribution in [-0.2, 0) is 14.8 Å². The zero-order chi connectivity index (χ0) is 15.7. The van der Waals surface area contributed by atoms with E-state index in [-0.39, 0.29) is 22.3 Å². The van der Waals surface area contributed by atoms with E-state index < -0.39 is 10.0 Å². The molecule has 1 fully saturated rings. The predicted molar refractivity (Wildman–Crippen MR) is 80.8 cm³/mol. The SMILES string of the molecule is COc1cc(N)ccc1S(=O)(=O)NC1CCOC(C)(C)C1. The van der Waals surface area contributed by atoms with Crippen molar-refractivity contribution in [3.05, 3.63) is 18.2 Å². The molecule has 21 heavy (non-hydrogen) atoms. The van der Waals surface area contributed by atoms with E-state index in [0.717, 1.165) is 0 Å². The Labute approximate surface area is 125 Å². The summed E-state index contributed by atoms with van der Waals surface area (Å²) in [6.07, 6.45) is 1.28. The summed E-state index contributed by atoms with van der Waals surface area (Å²) in [5, 5.41) is 0. The van der Waals surface area contributed by atoms with Crippen LogP contribution in [0.5, 0.6) is 5.75 Å². The number of benzene rings is 1. The Morgan fingerprint density at radius 2 is 2.14 bits per heavy atom. The first kappa shape index (κ1) is 16.1. The van der Waals surface area contributed by atoms with Gasteiger partial charge in [-0.05, 0) is 38.8 Å². The van der Waals surface area contributed by atoms with Crippen LogP contribution in [0.4, 0.5) is 5.69 Å². The molecule has 1 aliphatic rings. The maximum absolute atomic E-state index is 12.5. The van der Waals surface area contributed by atoms with Gasteiger partial charge in [0.15, 0.2) is 0 Å². The molecule has 3 N–H and O–H groups in total. The highest BCUT2D eigenvalue weighted by Crippen LogP contribution is 2.29. The lowest BCUT2D eigenvalue weighted by Crippen LogP contribution is -2.45. The quantitative estimate of drug-likeness (QED) is 0.822. The van der Waals surface area contributed by atoms with Crippen molar-refractivity contribution in [3.63, 3.8) is 0 Å². The number of rotatable bonds is 4. The molecule has 0 spiro atoms. The van der Waals surface area contributed by atoms with Crippen molar-refractivity contribution in [1.82, 2.24) is 4.72 Å². The Morgan fingerprint density at radius 1 is 1.43 bits per heavy atom. The number of nitrogen functional groups attached to an aromatic ring is 1. The molecule has 6 nitrogen and oxygen atoms in total. The number of hydrogen-bond acceptors (Lipinski definition) is 5. The molecule has 0 bridgehead atoms. The lowest BCUT2D eigenvalue weighted by molar-refractivity contribution is -0.0599. The number of nitrogens with two attached hydrogens (primary N) is 1. The Morgan fingerprint density at radius 3 is 2.76 bits per heavy atom. The largest absolute Gasteiger partial charge is 0.495 e. The van der Waals surface area contributed by atoms with Gasteiger partial charge in [-0.1, -0.05) is 0 Å². The number of anilines is 1. The van der Waals surface area contributed by atoms with E-state index in [0.29, 0.717) is 25.1 Å². The molecule has 1 aliphatic heterocycles. The monoisotopic (exact) mass is 314 g/mol. The van der Waals surface area contributed by atoms with E-state index in [1.54, 1.807) is 6.07 Å². The molecule has 0 aliphatic carbocycles. The molecule has 118 valence electrons. The first-order chi connectivity index (χ1) is 9.73.